The molecule has 2 aromatic rings. The standard InChI is InChI=1S/C21H27NO3/c1-6-24-18-10-8-17(9-11-18)22-21(23)16(5)25-20-13-15(4)7-12-19(20)14(2)3/h7-14,16H,6H2,1-5H3,(H,22,23)/t16-/m1/s1. The van der Waals surface area contributed by atoms with Crippen molar-refractivity contribution in [1.82, 2.24) is 0 Å². The fourth-order valence-electron chi connectivity index (χ4n) is 2.51. The second-order valence-electron chi connectivity index (χ2n) is 6.40. The average molecular weight is 341 g/mol. The number of rotatable bonds is 7. The second kappa shape index (κ2) is 8.56. The van der Waals surface area contributed by atoms with Gasteiger partial charge < -0.3 is 14.8 Å². The molecule has 0 aromatic heterocycles. The lowest BCUT2D eigenvalue weighted by Gasteiger charge is -2.19. The molecule has 1 atom stereocenters. The Hall–Kier alpha value is -2.49. The highest BCUT2D eigenvalue weighted by Crippen LogP contribution is 2.28. The zero-order valence-electron chi connectivity index (χ0n) is 15.6. The van der Waals surface area contributed by atoms with Crippen LogP contribution in [0.5, 0.6) is 11.5 Å². The summed E-state index contributed by atoms with van der Waals surface area (Å²) >= 11 is 0. The maximum Gasteiger partial charge on any atom is 0.265 e. The number of anilines is 1. The molecule has 0 aliphatic rings. The van der Waals surface area contributed by atoms with Gasteiger partial charge in [0.15, 0.2) is 6.10 Å². The number of carbonyl (C=O) groups excluding carboxylic acids is 1. The molecular weight excluding hydrogens is 314 g/mol. The molecule has 0 saturated heterocycles. The Morgan fingerprint density at radius 2 is 1.76 bits per heavy atom. The van der Waals surface area contributed by atoms with Crippen molar-refractivity contribution in [2.24, 2.45) is 0 Å². The van der Waals surface area contributed by atoms with Crippen molar-refractivity contribution >= 4 is 11.6 Å². The molecule has 134 valence electrons. The number of amides is 1. The fraction of sp³-hybridized carbons (Fsp3) is 0.381. The Kier molecular flexibility index (Phi) is 6.45. The van der Waals surface area contributed by atoms with Gasteiger partial charge in [-0.25, -0.2) is 0 Å². The lowest BCUT2D eigenvalue weighted by atomic mass is 10.0. The van der Waals surface area contributed by atoms with E-state index in [1.165, 1.54) is 0 Å². The lowest BCUT2D eigenvalue weighted by molar-refractivity contribution is -0.122. The van der Waals surface area contributed by atoms with Crippen molar-refractivity contribution in [2.75, 3.05) is 11.9 Å². The third kappa shape index (κ3) is 5.24. The summed E-state index contributed by atoms with van der Waals surface area (Å²) in [5, 5.41) is 2.88. The molecule has 4 nitrogen and oxygen atoms in total. The van der Waals surface area contributed by atoms with Crippen molar-refractivity contribution in [3.63, 3.8) is 0 Å². The Bertz CT molecular complexity index is 708. The maximum absolute atomic E-state index is 12.4. The molecule has 4 heteroatoms. The molecule has 0 saturated carbocycles. The monoisotopic (exact) mass is 341 g/mol. The smallest absolute Gasteiger partial charge is 0.265 e. The van der Waals surface area contributed by atoms with Gasteiger partial charge in [0.2, 0.25) is 0 Å². The average Bonchev–Trinajstić information content (AvgIpc) is 2.56. The van der Waals surface area contributed by atoms with Crippen molar-refractivity contribution in [1.29, 1.82) is 0 Å². The van der Waals surface area contributed by atoms with E-state index in [-0.39, 0.29) is 5.91 Å². The molecule has 1 N–H and O–H groups in total. The molecule has 0 aliphatic carbocycles. The summed E-state index contributed by atoms with van der Waals surface area (Å²) in [5.74, 6) is 1.70. The van der Waals surface area contributed by atoms with Crippen LogP contribution in [0, 0.1) is 6.92 Å². The largest absolute Gasteiger partial charge is 0.494 e. The number of hydrogen-bond donors (Lipinski definition) is 1. The minimum Gasteiger partial charge on any atom is -0.494 e. The highest BCUT2D eigenvalue weighted by Gasteiger charge is 2.18. The molecule has 0 aliphatic heterocycles. The molecule has 0 bridgehead atoms. The Morgan fingerprint density at radius 3 is 2.36 bits per heavy atom. The van der Waals surface area contributed by atoms with Crippen LogP contribution in [0.25, 0.3) is 0 Å². The number of ether oxygens (including phenoxy) is 2. The van der Waals surface area contributed by atoms with Gasteiger partial charge in [-0.05, 0) is 68.1 Å². The Morgan fingerprint density at radius 1 is 1.08 bits per heavy atom. The minimum atomic E-state index is -0.592. The first-order valence-electron chi connectivity index (χ1n) is 8.71. The van der Waals surface area contributed by atoms with Gasteiger partial charge in [0.1, 0.15) is 11.5 Å². The van der Waals surface area contributed by atoms with E-state index < -0.39 is 6.10 Å². The molecule has 25 heavy (non-hydrogen) atoms. The van der Waals surface area contributed by atoms with Crippen LogP contribution < -0.4 is 14.8 Å². The highest BCUT2D eigenvalue weighted by molar-refractivity contribution is 5.94. The number of aryl methyl sites for hydroxylation is 1. The summed E-state index contributed by atoms with van der Waals surface area (Å²) in [6.45, 7) is 10.6. The van der Waals surface area contributed by atoms with Crippen LogP contribution in [0.15, 0.2) is 42.5 Å². The van der Waals surface area contributed by atoms with Gasteiger partial charge in [-0.3, -0.25) is 4.79 Å². The zero-order valence-corrected chi connectivity index (χ0v) is 15.6. The van der Waals surface area contributed by atoms with E-state index in [2.05, 4.69) is 31.3 Å². The first-order valence-corrected chi connectivity index (χ1v) is 8.71. The normalized spacial score (nSPS) is 11.9. The van der Waals surface area contributed by atoms with Crippen LogP contribution in [0.4, 0.5) is 5.69 Å². The predicted octanol–water partition coefficient (Wildman–Crippen LogP) is 4.92. The summed E-state index contributed by atoms with van der Waals surface area (Å²) in [6, 6.07) is 13.4. The van der Waals surface area contributed by atoms with E-state index >= 15 is 0 Å². The van der Waals surface area contributed by atoms with E-state index in [0.29, 0.717) is 12.5 Å². The summed E-state index contributed by atoms with van der Waals surface area (Å²) in [6.07, 6.45) is -0.592. The van der Waals surface area contributed by atoms with Crippen molar-refractivity contribution in [3.8, 4) is 11.5 Å². The van der Waals surface area contributed by atoms with Crippen LogP contribution in [0.1, 0.15) is 44.7 Å². The zero-order chi connectivity index (χ0) is 18.4. The molecule has 0 heterocycles. The summed E-state index contributed by atoms with van der Waals surface area (Å²) in [5.41, 5.74) is 2.93. The lowest BCUT2D eigenvalue weighted by Crippen LogP contribution is -2.30. The first kappa shape index (κ1) is 18.8. The van der Waals surface area contributed by atoms with Gasteiger partial charge in [-0.1, -0.05) is 26.0 Å². The molecule has 0 fully saturated rings. The van der Waals surface area contributed by atoms with E-state index in [0.717, 1.165) is 28.3 Å². The van der Waals surface area contributed by atoms with E-state index in [1.807, 2.05) is 44.2 Å². The predicted molar refractivity (Wildman–Crippen MR) is 102 cm³/mol. The van der Waals surface area contributed by atoms with Crippen molar-refractivity contribution in [3.05, 3.63) is 53.6 Å². The topological polar surface area (TPSA) is 47.6 Å². The van der Waals surface area contributed by atoms with E-state index in [1.54, 1.807) is 6.92 Å². The van der Waals surface area contributed by atoms with Gasteiger partial charge in [0.05, 0.1) is 6.61 Å². The van der Waals surface area contributed by atoms with E-state index in [4.69, 9.17) is 9.47 Å². The number of carbonyl (C=O) groups is 1. The van der Waals surface area contributed by atoms with Gasteiger partial charge >= 0.3 is 0 Å². The Labute approximate surface area is 150 Å². The second-order valence-corrected chi connectivity index (χ2v) is 6.40. The van der Waals surface area contributed by atoms with Gasteiger partial charge in [-0.2, -0.15) is 0 Å². The SMILES string of the molecule is CCOc1ccc(NC(=O)[C@@H](C)Oc2cc(C)ccc2C(C)C)cc1. The van der Waals surface area contributed by atoms with Crippen LogP contribution in [0.3, 0.4) is 0 Å². The van der Waals surface area contributed by atoms with Crippen LogP contribution in [-0.2, 0) is 4.79 Å². The highest BCUT2D eigenvalue weighted by atomic mass is 16.5. The summed E-state index contributed by atoms with van der Waals surface area (Å²) in [7, 11) is 0. The van der Waals surface area contributed by atoms with Crippen LogP contribution in [0.2, 0.25) is 0 Å². The van der Waals surface area contributed by atoms with Crippen LogP contribution in [-0.4, -0.2) is 18.6 Å². The number of hydrogen-bond acceptors (Lipinski definition) is 3. The summed E-state index contributed by atoms with van der Waals surface area (Å²) < 4.78 is 11.3. The van der Waals surface area contributed by atoms with Gasteiger partial charge in [0.25, 0.3) is 5.91 Å². The van der Waals surface area contributed by atoms with Crippen molar-refractivity contribution in [2.45, 2.75) is 46.6 Å². The molecule has 0 spiro atoms. The molecule has 2 aromatic carbocycles. The van der Waals surface area contributed by atoms with Gasteiger partial charge in [-0.15, -0.1) is 0 Å². The van der Waals surface area contributed by atoms with Gasteiger partial charge in [0, 0.05) is 5.69 Å². The molecule has 1 amide bonds. The fourth-order valence-corrected chi connectivity index (χ4v) is 2.51. The Balaban J connectivity index is 2.04. The molecular formula is C21H27NO3. The minimum absolute atomic E-state index is 0.180. The molecule has 0 radical (unpaired) electrons. The summed E-state index contributed by atoms with van der Waals surface area (Å²) in [4.78, 5) is 12.4. The molecule has 2 rings (SSSR count). The quantitative estimate of drug-likeness (QED) is 0.777. The molecule has 0 unspecified atom stereocenters. The van der Waals surface area contributed by atoms with E-state index in [9.17, 15) is 4.79 Å². The van der Waals surface area contributed by atoms with Crippen LogP contribution >= 0.6 is 0 Å². The first-order chi connectivity index (χ1) is 11.9. The number of nitrogens with one attached hydrogen (secondary N) is 1. The number of benzene rings is 2. The third-order valence-electron chi connectivity index (χ3n) is 3.90. The third-order valence-corrected chi connectivity index (χ3v) is 3.90. The maximum atomic E-state index is 12.4. The van der Waals surface area contributed by atoms with Crippen molar-refractivity contribution < 1.29 is 14.3 Å².